The maximum atomic E-state index is 6.08. The smallest absolute Gasteiger partial charge is 0.0626 e. The topological polar surface area (TPSA) is 42.2 Å². The van der Waals surface area contributed by atoms with E-state index in [1.165, 1.54) is 5.56 Å². The molecule has 0 saturated heterocycles. The summed E-state index contributed by atoms with van der Waals surface area (Å²) in [5.74, 6) is 0. The third-order valence-corrected chi connectivity index (χ3v) is 3.23. The zero-order chi connectivity index (χ0) is 13.7. The molecule has 0 aliphatic heterocycles. The van der Waals surface area contributed by atoms with Crippen LogP contribution in [0.4, 0.5) is 11.4 Å². The highest BCUT2D eigenvalue weighted by molar-refractivity contribution is 5.67. The molecule has 1 aromatic heterocycles. The lowest BCUT2D eigenvalue weighted by Gasteiger charge is -2.26. The number of pyridine rings is 1. The van der Waals surface area contributed by atoms with Crippen LogP contribution in [0, 0.1) is 6.92 Å². The monoisotopic (exact) mass is 255 g/mol. The highest BCUT2D eigenvalue weighted by Crippen LogP contribution is 2.24. The van der Waals surface area contributed by atoms with Crippen LogP contribution < -0.4 is 10.6 Å². The van der Waals surface area contributed by atoms with Gasteiger partial charge < -0.3 is 10.6 Å². The predicted octanol–water partition coefficient (Wildman–Crippen LogP) is 3.39. The quantitative estimate of drug-likeness (QED) is 0.833. The van der Waals surface area contributed by atoms with E-state index in [1.807, 2.05) is 30.5 Å². The Morgan fingerprint density at radius 1 is 1.16 bits per heavy atom. The first-order chi connectivity index (χ1) is 9.22. The van der Waals surface area contributed by atoms with Gasteiger partial charge in [0, 0.05) is 12.7 Å². The molecule has 3 heteroatoms. The van der Waals surface area contributed by atoms with Crippen LogP contribution in [0.25, 0.3) is 0 Å². The summed E-state index contributed by atoms with van der Waals surface area (Å²) >= 11 is 0. The molecule has 1 aromatic carbocycles. The van der Waals surface area contributed by atoms with Gasteiger partial charge in [-0.25, -0.2) is 0 Å². The number of nitrogens with two attached hydrogens (primary N) is 1. The Morgan fingerprint density at radius 2 is 1.95 bits per heavy atom. The number of nitrogens with zero attached hydrogens (tertiary/aromatic N) is 2. The first-order valence-corrected chi connectivity index (χ1v) is 6.72. The lowest BCUT2D eigenvalue weighted by molar-refractivity contribution is 0.751. The Bertz CT molecular complexity index is 537. The van der Waals surface area contributed by atoms with Crippen molar-refractivity contribution >= 4 is 11.4 Å². The number of hydrogen-bond acceptors (Lipinski definition) is 3. The van der Waals surface area contributed by atoms with E-state index in [1.54, 1.807) is 0 Å². The molecule has 0 atom stereocenters. The van der Waals surface area contributed by atoms with Gasteiger partial charge in [-0.2, -0.15) is 0 Å². The number of benzene rings is 1. The molecule has 2 rings (SSSR count). The van der Waals surface area contributed by atoms with E-state index < -0.39 is 0 Å². The molecule has 0 radical (unpaired) electrons. The average molecular weight is 255 g/mol. The summed E-state index contributed by atoms with van der Waals surface area (Å²) in [5, 5.41) is 0. The molecule has 0 aliphatic rings. The molecule has 0 saturated carbocycles. The summed E-state index contributed by atoms with van der Waals surface area (Å²) in [6.45, 7) is 6.05. The van der Waals surface area contributed by atoms with E-state index in [2.05, 4.69) is 35.9 Å². The van der Waals surface area contributed by atoms with Crippen LogP contribution in [-0.4, -0.2) is 11.5 Å². The van der Waals surface area contributed by atoms with Crippen molar-refractivity contribution < 1.29 is 0 Å². The van der Waals surface area contributed by atoms with E-state index in [0.29, 0.717) is 0 Å². The zero-order valence-electron chi connectivity index (χ0n) is 11.6. The summed E-state index contributed by atoms with van der Waals surface area (Å²) in [6.07, 6.45) is 2.93. The summed E-state index contributed by atoms with van der Waals surface area (Å²) < 4.78 is 0. The predicted molar refractivity (Wildman–Crippen MR) is 81.2 cm³/mol. The number of rotatable bonds is 5. The fourth-order valence-electron chi connectivity index (χ4n) is 2.19. The van der Waals surface area contributed by atoms with Crippen LogP contribution in [0.3, 0.4) is 0 Å². The molecule has 0 fully saturated rings. The molecule has 0 amide bonds. The maximum absolute atomic E-state index is 6.08. The van der Waals surface area contributed by atoms with Crippen molar-refractivity contribution in [2.75, 3.05) is 17.2 Å². The van der Waals surface area contributed by atoms with Gasteiger partial charge in [-0.1, -0.05) is 25.1 Å². The minimum Gasteiger partial charge on any atom is -0.397 e. The van der Waals surface area contributed by atoms with Crippen molar-refractivity contribution in [3.63, 3.8) is 0 Å². The number of para-hydroxylation sites is 2. The molecule has 0 aliphatic carbocycles. The number of nitrogen functional groups attached to an aromatic ring is 1. The Labute approximate surface area is 115 Å². The molecule has 2 aromatic rings. The van der Waals surface area contributed by atoms with Crippen LogP contribution in [0.15, 0.2) is 42.6 Å². The van der Waals surface area contributed by atoms with Gasteiger partial charge in [0.1, 0.15) is 0 Å². The fourth-order valence-corrected chi connectivity index (χ4v) is 2.19. The molecule has 2 N–H and O–H groups in total. The molecule has 100 valence electrons. The molecule has 19 heavy (non-hydrogen) atoms. The van der Waals surface area contributed by atoms with Gasteiger partial charge in [0.15, 0.2) is 0 Å². The Morgan fingerprint density at radius 3 is 2.63 bits per heavy atom. The standard InChI is InChI=1S/C16H21N3/c1-3-11-19(16-9-5-4-8-14(16)17)12-15-13(2)7-6-10-18-15/h4-10H,3,11-12,17H2,1-2H3. The first kappa shape index (κ1) is 13.4. The molecule has 0 spiro atoms. The van der Waals surface area contributed by atoms with Crippen molar-refractivity contribution in [3.05, 3.63) is 53.9 Å². The third-order valence-electron chi connectivity index (χ3n) is 3.23. The molecule has 0 bridgehead atoms. The van der Waals surface area contributed by atoms with Crippen LogP contribution >= 0.6 is 0 Å². The third kappa shape index (κ3) is 3.25. The summed E-state index contributed by atoms with van der Waals surface area (Å²) in [4.78, 5) is 6.77. The Hall–Kier alpha value is -2.03. The molecular weight excluding hydrogens is 234 g/mol. The zero-order valence-corrected chi connectivity index (χ0v) is 11.6. The van der Waals surface area contributed by atoms with Crippen molar-refractivity contribution in [2.24, 2.45) is 0 Å². The fraction of sp³-hybridized carbons (Fsp3) is 0.312. The number of anilines is 2. The average Bonchev–Trinajstić information content (AvgIpc) is 2.41. The molecule has 1 heterocycles. The van der Waals surface area contributed by atoms with Crippen molar-refractivity contribution in [1.82, 2.24) is 4.98 Å². The van der Waals surface area contributed by atoms with Crippen molar-refractivity contribution in [1.29, 1.82) is 0 Å². The second kappa shape index (κ2) is 6.23. The molecular formula is C16H21N3. The second-order valence-electron chi connectivity index (χ2n) is 4.75. The van der Waals surface area contributed by atoms with Crippen molar-refractivity contribution in [2.45, 2.75) is 26.8 Å². The van der Waals surface area contributed by atoms with Gasteiger partial charge >= 0.3 is 0 Å². The molecule has 3 nitrogen and oxygen atoms in total. The van der Waals surface area contributed by atoms with Gasteiger partial charge in [0.2, 0.25) is 0 Å². The second-order valence-corrected chi connectivity index (χ2v) is 4.75. The first-order valence-electron chi connectivity index (χ1n) is 6.72. The Balaban J connectivity index is 2.27. The minimum atomic E-state index is 0.800. The lowest BCUT2D eigenvalue weighted by atomic mass is 10.1. The van der Waals surface area contributed by atoms with E-state index >= 15 is 0 Å². The van der Waals surface area contributed by atoms with Gasteiger partial charge in [-0.3, -0.25) is 4.98 Å². The summed E-state index contributed by atoms with van der Waals surface area (Å²) in [7, 11) is 0. The van der Waals surface area contributed by atoms with E-state index in [9.17, 15) is 0 Å². The SMILES string of the molecule is CCCN(Cc1ncccc1C)c1ccccc1N. The Kier molecular flexibility index (Phi) is 4.39. The minimum absolute atomic E-state index is 0.800. The van der Waals surface area contributed by atoms with Gasteiger partial charge in [0.25, 0.3) is 0 Å². The lowest BCUT2D eigenvalue weighted by Crippen LogP contribution is -2.25. The number of hydrogen-bond donors (Lipinski definition) is 1. The summed E-state index contributed by atoms with van der Waals surface area (Å²) in [6, 6.07) is 12.1. The van der Waals surface area contributed by atoms with Crippen LogP contribution in [-0.2, 0) is 6.54 Å². The largest absolute Gasteiger partial charge is 0.397 e. The van der Waals surface area contributed by atoms with Gasteiger partial charge in [-0.15, -0.1) is 0 Å². The highest BCUT2D eigenvalue weighted by Gasteiger charge is 2.11. The van der Waals surface area contributed by atoms with Gasteiger partial charge in [0.05, 0.1) is 23.6 Å². The van der Waals surface area contributed by atoms with Crippen LogP contribution in [0.5, 0.6) is 0 Å². The normalized spacial score (nSPS) is 10.4. The number of aromatic nitrogens is 1. The maximum Gasteiger partial charge on any atom is 0.0626 e. The van der Waals surface area contributed by atoms with Crippen LogP contribution in [0.2, 0.25) is 0 Å². The van der Waals surface area contributed by atoms with E-state index in [4.69, 9.17) is 5.73 Å². The van der Waals surface area contributed by atoms with Gasteiger partial charge in [-0.05, 0) is 37.1 Å². The van der Waals surface area contributed by atoms with Crippen molar-refractivity contribution in [3.8, 4) is 0 Å². The molecule has 0 unspecified atom stereocenters. The van der Waals surface area contributed by atoms with E-state index in [-0.39, 0.29) is 0 Å². The van der Waals surface area contributed by atoms with Crippen LogP contribution in [0.1, 0.15) is 24.6 Å². The highest BCUT2D eigenvalue weighted by atomic mass is 15.1. The summed E-state index contributed by atoms with van der Waals surface area (Å²) in [5.41, 5.74) is 10.3. The number of aryl methyl sites for hydroxylation is 1. The van der Waals surface area contributed by atoms with E-state index in [0.717, 1.165) is 36.6 Å².